The summed E-state index contributed by atoms with van der Waals surface area (Å²) in [7, 11) is 0. The molecule has 0 radical (unpaired) electrons. The van der Waals surface area contributed by atoms with Crippen LogP contribution < -0.4 is 9.64 Å². The van der Waals surface area contributed by atoms with Crippen molar-refractivity contribution in [3.63, 3.8) is 0 Å². The normalized spacial score (nSPS) is 11.4. The van der Waals surface area contributed by atoms with Crippen LogP contribution in [0.3, 0.4) is 0 Å². The van der Waals surface area contributed by atoms with Gasteiger partial charge in [0.1, 0.15) is 5.75 Å². The van der Waals surface area contributed by atoms with E-state index >= 15 is 0 Å². The summed E-state index contributed by atoms with van der Waals surface area (Å²) in [5.41, 5.74) is 0.829. The number of nitro groups is 1. The van der Waals surface area contributed by atoms with Crippen molar-refractivity contribution in [2.24, 2.45) is 0 Å². The van der Waals surface area contributed by atoms with Crippen LogP contribution in [0.5, 0.6) is 5.75 Å². The number of amides is 1. The molecule has 0 saturated carbocycles. The first-order valence-electron chi connectivity index (χ1n) is 11.2. The molecule has 2 heterocycles. The minimum Gasteiger partial charge on any atom is -0.494 e. The predicted octanol–water partition coefficient (Wildman–Crippen LogP) is 5.81. The Bertz CT molecular complexity index is 1330. The molecule has 4 rings (SSSR count). The molecule has 0 aliphatic heterocycles. The molecule has 0 aliphatic rings. The molecule has 0 unspecified atom stereocenters. The van der Waals surface area contributed by atoms with Gasteiger partial charge in [-0.15, -0.1) is 11.3 Å². The number of benzene rings is 2. The quantitative estimate of drug-likeness (QED) is 0.203. The van der Waals surface area contributed by atoms with E-state index in [0.717, 1.165) is 40.3 Å². The van der Waals surface area contributed by atoms with E-state index in [1.807, 2.05) is 25.1 Å². The average Bonchev–Trinajstić information content (AvgIpc) is 3.45. The molecule has 4 aromatic rings. The first-order chi connectivity index (χ1) is 16.4. The van der Waals surface area contributed by atoms with E-state index in [0.29, 0.717) is 28.5 Å². The number of non-ortho nitro benzene ring substituents is 1. The van der Waals surface area contributed by atoms with Crippen LogP contribution in [0.15, 0.2) is 42.5 Å². The molecule has 0 fully saturated rings. The van der Waals surface area contributed by atoms with Gasteiger partial charge >= 0.3 is 0 Å². The number of hydrogen-bond acceptors (Lipinski definition) is 8. The molecule has 0 atom stereocenters. The largest absolute Gasteiger partial charge is 0.494 e. The molecular formula is C24H26N4O4S2. The fourth-order valence-electron chi connectivity index (χ4n) is 3.71. The lowest BCUT2D eigenvalue weighted by atomic mass is 10.2. The van der Waals surface area contributed by atoms with Crippen molar-refractivity contribution in [2.45, 2.75) is 20.8 Å². The number of rotatable bonds is 10. The van der Waals surface area contributed by atoms with Crippen LogP contribution >= 0.6 is 22.7 Å². The zero-order chi connectivity index (χ0) is 24.2. The van der Waals surface area contributed by atoms with Gasteiger partial charge in [0.2, 0.25) is 0 Å². The van der Waals surface area contributed by atoms with Gasteiger partial charge in [0.05, 0.1) is 26.6 Å². The van der Waals surface area contributed by atoms with Crippen molar-refractivity contribution in [1.29, 1.82) is 0 Å². The van der Waals surface area contributed by atoms with E-state index in [9.17, 15) is 14.9 Å². The number of likely N-dealkylation sites (N-methyl/N-ethyl adjacent to an activating group) is 1. The summed E-state index contributed by atoms with van der Waals surface area (Å²) < 4.78 is 7.40. The Balaban J connectivity index is 1.70. The third-order valence-corrected chi connectivity index (χ3v) is 7.74. The number of thiazole rings is 1. The standard InChI is InChI=1S/C24H26N4O4S2/c1-4-26(5-2)11-12-27(24-25-19-9-8-18(32-6-3)15-21(19)34-24)23(29)22-14-16-13-17(28(30)31)7-10-20(16)33-22/h7-10,13-15H,4-6,11-12H2,1-3H3. The van der Waals surface area contributed by atoms with E-state index in [4.69, 9.17) is 9.72 Å². The number of carbonyl (C=O) groups is 1. The minimum absolute atomic E-state index is 0.0129. The number of thiophene rings is 1. The van der Waals surface area contributed by atoms with Crippen molar-refractivity contribution >= 4 is 59.7 Å². The van der Waals surface area contributed by atoms with Crippen LogP contribution in [-0.4, -0.2) is 53.5 Å². The maximum atomic E-state index is 13.7. The number of nitrogens with zero attached hydrogens (tertiary/aromatic N) is 4. The average molecular weight is 499 g/mol. The fraction of sp³-hybridized carbons (Fsp3) is 0.333. The molecule has 0 spiro atoms. The summed E-state index contributed by atoms with van der Waals surface area (Å²) in [5, 5.41) is 12.5. The summed E-state index contributed by atoms with van der Waals surface area (Å²) in [6, 6.07) is 12.2. The number of ether oxygens (including phenoxy) is 1. The van der Waals surface area contributed by atoms with Gasteiger partial charge in [0.15, 0.2) is 5.13 Å². The van der Waals surface area contributed by atoms with Crippen LogP contribution in [0, 0.1) is 10.1 Å². The van der Waals surface area contributed by atoms with Gasteiger partial charge in [-0.25, -0.2) is 4.98 Å². The Morgan fingerprint density at radius 1 is 1.03 bits per heavy atom. The molecule has 2 aromatic carbocycles. The zero-order valence-corrected chi connectivity index (χ0v) is 20.9. The van der Waals surface area contributed by atoms with Gasteiger partial charge in [-0.3, -0.25) is 19.8 Å². The van der Waals surface area contributed by atoms with Crippen molar-refractivity contribution < 1.29 is 14.5 Å². The minimum atomic E-state index is -0.424. The molecule has 1 amide bonds. The second-order valence-corrected chi connectivity index (χ2v) is 9.73. The van der Waals surface area contributed by atoms with E-state index in [1.165, 1.54) is 34.8 Å². The maximum Gasteiger partial charge on any atom is 0.270 e. The third kappa shape index (κ3) is 5.03. The highest BCUT2D eigenvalue weighted by molar-refractivity contribution is 7.23. The van der Waals surface area contributed by atoms with Gasteiger partial charge in [-0.1, -0.05) is 25.2 Å². The molecule has 8 nitrogen and oxygen atoms in total. The number of fused-ring (bicyclic) bond motifs is 2. The first kappa shape index (κ1) is 24.1. The first-order valence-corrected chi connectivity index (χ1v) is 12.8. The maximum absolute atomic E-state index is 13.7. The Kier molecular flexibility index (Phi) is 7.40. The molecule has 0 N–H and O–H groups in total. The smallest absolute Gasteiger partial charge is 0.270 e. The van der Waals surface area contributed by atoms with Crippen LogP contribution in [0.4, 0.5) is 10.8 Å². The van der Waals surface area contributed by atoms with Crippen LogP contribution in [0.25, 0.3) is 20.3 Å². The second kappa shape index (κ2) is 10.5. The Morgan fingerprint density at radius 3 is 2.53 bits per heavy atom. The topological polar surface area (TPSA) is 88.8 Å². The highest BCUT2D eigenvalue weighted by Crippen LogP contribution is 2.34. The van der Waals surface area contributed by atoms with Gasteiger partial charge < -0.3 is 9.64 Å². The Hall–Kier alpha value is -3.08. The monoisotopic (exact) mass is 498 g/mol. The van der Waals surface area contributed by atoms with Gasteiger partial charge in [0, 0.05) is 35.3 Å². The Labute approximate surface area is 205 Å². The molecular weight excluding hydrogens is 472 g/mol. The Morgan fingerprint density at radius 2 is 1.82 bits per heavy atom. The summed E-state index contributed by atoms with van der Waals surface area (Å²) in [4.78, 5) is 33.7. The number of aromatic nitrogens is 1. The van der Waals surface area contributed by atoms with Crippen molar-refractivity contribution in [3.05, 3.63) is 57.5 Å². The van der Waals surface area contributed by atoms with Crippen molar-refractivity contribution in [3.8, 4) is 5.75 Å². The predicted molar refractivity (Wildman–Crippen MR) is 139 cm³/mol. The highest BCUT2D eigenvalue weighted by atomic mass is 32.1. The summed E-state index contributed by atoms with van der Waals surface area (Å²) in [6.07, 6.45) is 0. The van der Waals surface area contributed by atoms with Crippen LogP contribution in [-0.2, 0) is 0 Å². The van der Waals surface area contributed by atoms with E-state index in [1.54, 1.807) is 17.0 Å². The molecule has 0 bridgehead atoms. The molecule has 10 heteroatoms. The highest BCUT2D eigenvalue weighted by Gasteiger charge is 2.24. The lowest BCUT2D eigenvalue weighted by Crippen LogP contribution is -2.38. The van der Waals surface area contributed by atoms with Crippen LogP contribution in [0.1, 0.15) is 30.4 Å². The van der Waals surface area contributed by atoms with E-state index in [-0.39, 0.29) is 11.6 Å². The zero-order valence-electron chi connectivity index (χ0n) is 19.3. The van der Waals surface area contributed by atoms with Gasteiger partial charge in [-0.05, 0) is 50.3 Å². The number of nitro benzene ring substituents is 1. The molecule has 0 saturated heterocycles. The molecule has 0 aliphatic carbocycles. The molecule has 178 valence electrons. The lowest BCUT2D eigenvalue weighted by Gasteiger charge is -2.24. The number of anilines is 1. The van der Waals surface area contributed by atoms with Crippen molar-refractivity contribution in [2.75, 3.05) is 37.7 Å². The summed E-state index contributed by atoms with van der Waals surface area (Å²) in [5.74, 6) is 0.623. The number of carbonyl (C=O) groups excluding carboxylic acids is 1. The van der Waals surface area contributed by atoms with E-state index in [2.05, 4.69) is 18.7 Å². The fourth-order valence-corrected chi connectivity index (χ4v) is 5.72. The SMILES string of the molecule is CCOc1ccc2nc(N(CCN(CC)CC)C(=O)c3cc4cc([N+](=O)[O-])ccc4s3)sc2c1. The lowest BCUT2D eigenvalue weighted by molar-refractivity contribution is -0.384. The second-order valence-electron chi connectivity index (χ2n) is 7.63. The van der Waals surface area contributed by atoms with E-state index < -0.39 is 4.92 Å². The van der Waals surface area contributed by atoms with Gasteiger partial charge in [0.25, 0.3) is 11.6 Å². The van der Waals surface area contributed by atoms with Crippen molar-refractivity contribution in [1.82, 2.24) is 9.88 Å². The van der Waals surface area contributed by atoms with Crippen LogP contribution in [0.2, 0.25) is 0 Å². The third-order valence-electron chi connectivity index (χ3n) is 5.59. The van der Waals surface area contributed by atoms with Gasteiger partial charge in [-0.2, -0.15) is 0 Å². The number of hydrogen-bond donors (Lipinski definition) is 0. The summed E-state index contributed by atoms with van der Waals surface area (Å²) >= 11 is 2.80. The molecule has 34 heavy (non-hydrogen) atoms. The summed E-state index contributed by atoms with van der Waals surface area (Å²) in [6.45, 7) is 9.71. The molecule has 2 aromatic heterocycles.